The SMILES string of the molecule is CCCOC(=O)C(C)C(C)C(C)=O. The Morgan fingerprint density at radius 1 is 1.23 bits per heavy atom. The van der Waals surface area contributed by atoms with E-state index in [2.05, 4.69) is 0 Å². The van der Waals surface area contributed by atoms with Crippen molar-refractivity contribution in [1.29, 1.82) is 0 Å². The minimum absolute atomic E-state index is 0.0287. The van der Waals surface area contributed by atoms with Gasteiger partial charge in [0.05, 0.1) is 12.5 Å². The lowest BCUT2D eigenvalue weighted by Gasteiger charge is -2.15. The molecule has 2 atom stereocenters. The highest BCUT2D eigenvalue weighted by molar-refractivity contribution is 5.84. The molecule has 0 heterocycles. The third-order valence-corrected chi connectivity index (χ3v) is 2.21. The van der Waals surface area contributed by atoms with Crippen LogP contribution in [0.2, 0.25) is 0 Å². The van der Waals surface area contributed by atoms with E-state index < -0.39 is 0 Å². The van der Waals surface area contributed by atoms with Crippen LogP contribution in [0.15, 0.2) is 0 Å². The Bertz CT molecular complexity index is 187. The van der Waals surface area contributed by atoms with Crippen molar-refractivity contribution in [3.8, 4) is 0 Å². The van der Waals surface area contributed by atoms with Crippen molar-refractivity contribution in [2.45, 2.75) is 34.1 Å². The molecule has 2 unspecified atom stereocenters. The third-order valence-electron chi connectivity index (χ3n) is 2.21. The fraction of sp³-hybridized carbons (Fsp3) is 0.800. The van der Waals surface area contributed by atoms with Crippen molar-refractivity contribution < 1.29 is 14.3 Å². The number of ether oxygens (including phenoxy) is 1. The molecular weight excluding hydrogens is 168 g/mol. The van der Waals surface area contributed by atoms with E-state index in [0.29, 0.717) is 6.61 Å². The first-order valence-corrected chi connectivity index (χ1v) is 4.67. The van der Waals surface area contributed by atoms with Crippen LogP contribution in [-0.4, -0.2) is 18.4 Å². The molecule has 0 bridgehead atoms. The van der Waals surface area contributed by atoms with Crippen LogP contribution in [0.3, 0.4) is 0 Å². The molecular formula is C10H18O3. The third kappa shape index (κ3) is 4.06. The standard InChI is InChI=1S/C10H18O3/c1-5-6-13-10(12)8(3)7(2)9(4)11/h7-8H,5-6H2,1-4H3. The van der Waals surface area contributed by atoms with E-state index in [-0.39, 0.29) is 23.6 Å². The van der Waals surface area contributed by atoms with Gasteiger partial charge >= 0.3 is 5.97 Å². The molecule has 13 heavy (non-hydrogen) atoms. The highest BCUT2D eigenvalue weighted by atomic mass is 16.5. The average Bonchev–Trinajstić information content (AvgIpc) is 2.11. The second kappa shape index (κ2) is 5.73. The molecule has 3 heteroatoms. The Hall–Kier alpha value is -0.860. The Labute approximate surface area is 79.5 Å². The van der Waals surface area contributed by atoms with Crippen molar-refractivity contribution in [2.75, 3.05) is 6.61 Å². The normalized spacial score (nSPS) is 14.8. The van der Waals surface area contributed by atoms with Crippen molar-refractivity contribution in [3.63, 3.8) is 0 Å². The molecule has 0 aromatic heterocycles. The maximum absolute atomic E-state index is 11.3. The van der Waals surface area contributed by atoms with E-state index in [1.165, 1.54) is 6.92 Å². The van der Waals surface area contributed by atoms with Crippen LogP contribution >= 0.6 is 0 Å². The topological polar surface area (TPSA) is 43.4 Å². The van der Waals surface area contributed by atoms with Crippen LogP contribution in [-0.2, 0) is 14.3 Å². The summed E-state index contributed by atoms with van der Waals surface area (Å²) in [6.45, 7) is 7.35. The number of carbonyl (C=O) groups excluding carboxylic acids is 2. The number of ketones is 1. The molecule has 0 saturated heterocycles. The van der Waals surface area contributed by atoms with Gasteiger partial charge in [-0.1, -0.05) is 20.8 Å². The van der Waals surface area contributed by atoms with Crippen LogP contribution in [0, 0.1) is 11.8 Å². The molecule has 0 amide bonds. The summed E-state index contributed by atoms with van der Waals surface area (Å²) in [5, 5.41) is 0. The zero-order valence-corrected chi connectivity index (χ0v) is 8.79. The first-order chi connectivity index (χ1) is 6.00. The van der Waals surface area contributed by atoms with Gasteiger partial charge in [-0.05, 0) is 13.3 Å². The Morgan fingerprint density at radius 3 is 2.15 bits per heavy atom. The summed E-state index contributed by atoms with van der Waals surface area (Å²) in [7, 11) is 0. The maximum atomic E-state index is 11.3. The zero-order chi connectivity index (χ0) is 10.4. The Kier molecular flexibility index (Phi) is 5.35. The summed E-state index contributed by atoms with van der Waals surface area (Å²) < 4.78 is 4.93. The maximum Gasteiger partial charge on any atom is 0.309 e. The quantitative estimate of drug-likeness (QED) is 0.615. The fourth-order valence-corrected chi connectivity index (χ4v) is 0.890. The van der Waals surface area contributed by atoms with E-state index in [1.54, 1.807) is 13.8 Å². The zero-order valence-electron chi connectivity index (χ0n) is 8.79. The van der Waals surface area contributed by atoms with Crippen LogP contribution in [0.25, 0.3) is 0 Å². The molecule has 0 aliphatic heterocycles. The molecule has 76 valence electrons. The van der Waals surface area contributed by atoms with Gasteiger partial charge in [-0.25, -0.2) is 0 Å². The monoisotopic (exact) mass is 186 g/mol. The molecule has 0 aromatic rings. The number of esters is 1. The minimum atomic E-state index is -0.330. The van der Waals surface area contributed by atoms with Crippen LogP contribution in [0.5, 0.6) is 0 Å². The summed E-state index contributed by atoms with van der Waals surface area (Å²) in [5.41, 5.74) is 0. The second-order valence-electron chi connectivity index (χ2n) is 3.36. The highest BCUT2D eigenvalue weighted by Gasteiger charge is 2.24. The largest absolute Gasteiger partial charge is 0.465 e. The number of hydrogen-bond donors (Lipinski definition) is 0. The molecule has 0 fully saturated rings. The van der Waals surface area contributed by atoms with Gasteiger partial charge in [-0.2, -0.15) is 0 Å². The van der Waals surface area contributed by atoms with Crippen molar-refractivity contribution in [2.24, 2.45) is 11.8 Å². The average molecular weight is 186 g/mol. The summed E-state index contributed by atoms with van der Waals surface area (Å²) in [6, 6.07) is 0. The molecule has 0 spiro atoms. The van der Waals surface area contributed by atoms with Gasteiger partial charge in [0.25, 0.3) is 0 Å². The van der Waals surface area contributed by atoms with Crippen LogP contribution in [0.4, 0.5) is 0 Å². The summed E-state index contributed by atoms with van der Waals surface area (Å²) in [5.74, 6) is -0.820. The van der Waals surface area contributed by atoms with Gasteiger partial charge in [0.15, 0.2) is 0 Å². The first kappa shape index (κ1) is 12.1. The molecule has 3 nitrogen and oxygen atoms in total. The van der Waals surface area contributed by atoms with E-state index in [0.717, 1.165) is 6.42 Å². The predicted octanol–water partition coefficient (Wildman–Crippen LogP) is 1.80. The minimum Gasteiger partial charge on any atom is -0.465 e. The second-order valence-corrected chi connectivity index (χ2v) is 3.36. The molecule has 0 aliphatic rings. The summed E-state index contributed by atoms with van der Waals surface area (Å²) >= 11 is 0. The number of carbonyl (C=O) groups is 2. The molecule has 0 aliphatic carbocycles. The fourth-order valence-electron chi connectivity index (χ4n) is 0.890. The van der Waals surface area contributed by atoms with Crippen molar-refractivity contribution >= 4 is 11.8 Å². The lowest BCUT2D eigenvalue weighted by Crippen LogP contribution is -2.25. The van der Waals surface area contributed by atoms with Gasteiger partial charge in [-0.3, -0.25) is 9.59 Å². The molecule has 0 aromatic carbocycles. The Morgan fingerprint density at radius 2 is 1.77 bits per heavy atom. The molecule has 0 rings (SSSR count). The first-order valence-electron chi connectivity index (χ1n) is 4.67. The van der Waals surface area contributed by atoms with Gasteiger partial charge in [0.2, 0.25) is 0 Å². The summed E-state index contributed by atoms with van der Waals surface area (Å²) in [6.07, 6.45) is 0.812. The van der Waals surface area contributed by atoms with E-state index in [9.17, 15) is 9.59 Å². The van der Waals surface area contributed by atoms with Gasteiger partial charge in [0.1, 0.15) is 5.78 Å². The predicted molar refractivity (Wildman–Crippen MR) is 50.3 cm³/mol. The van der Waals surface area contributed by atoms with Gasteiger partial charge in [0, 0.05) is 5.92 Å². The lowest BCUT2D eigenvalue weighted by atomic mass is 9.93. The summed E-state index contributed by atoms with van der Waals surface area (Å²) in [4.78, 5) is 22.2. The number of hydrogen-bond acceptors (Lipinski definition) is 3. The van der Waals surface area contributed by atoms with Crippen LogP contribution < -0.4 is 0 Å². The Balaban J connectivity index is 4.01. The van der Waals surface area contributed by atoms with Crippen molar-refractivity contribution in [1.82, 2.24) is 0 Å². The van der Waals surface area contributed by atoms with Gasteiger partial charge < -0.3 is 4.74 Å². The van der Waals surface area contributed by atoms with Gasteiger partial charge in [-0.15, -0.1) is 0 Å². The van der Waals surface area contributed by atoms with E-state index in [4.69, 9.17) is 4.74 Å². The number of rotatable bonds is 5. The van der Waals surface area contributed by atoms with E-state index >= 15 is 0 Å². The smallest absolute Gasteiger partial charge is 0.309 e. The molecule has 0 saturated carbocycles. The number of Topliss-reactive ketones (excluding diaryl/α,β-unsaturated/α-hetero) is 1. The van der Waals surface area contributed by atoms with Crippen LogP contribution in [0.1, 0.15) is 34.1 Å². The van der Waals surface area contributed by atoms with E-state index in [1.807, 2.05) is 6.92 Å². The molecule has 0 N–H and O–H groups in total. The molecule has 0 radical (unpaired) electrons. The van der Waals surface area contributed by atoms with Crippen molar-refractivity contribution in [3.05, 3.63) is 0 Å². The highest BCUT2D eigenvalue weighted by Crippen LogP contribution is 2.13. The lowest BCUT2D eigenvalue weighted by molar-refractivity contribution is -0.151.